The lowest BCUT2D eigenvalue weighted by Crippen LogP contribution is -2.46. The second-order valence-corrected chi connectivity index (χ2v) is 4.67. The number of anilines is 1. The highest BCUT2D eigenvalue weighted by atomic mass is 15.3. The molecule has 6 nitrogen and oxygen atoms in total. The minimum absolute atomic E-state index is 0.722. The van der Waals surface area contributed by atoms with Gasteiger partial charge >= 0.3 is 0 Å². The number of piperazine rings is 1. The molecule has 0 spiro atoms. The van der Waals surface area contributed by atoms with Gasteiger partial charge < -0.3 is 4.90 Å². The van der Waals surface area contributed by atoms with E-state index in [1.165, 1.54) is 0 Å². The van der Waals surface area contributed by atoms with E-state index in [0.29, 0.717) is 0 Å². The number of aryl methyl sites for hydroxylation is 1. The second kappa shape index (κ2) is 4.86. The van der Waals surface area contributed by atoms with Gasteiger partial charge in [-0.05, 0) is 0 Å². The molecular formula is C13H16N6. The van der Waals surface area contributed by atoms with Crippen LogP contribution in [0.1, 0.15) is 0 Å². The molecule has 2 aromatic heterocycles. The van der Waals surface area contributed by atoms with E-state index < -0.39 is 0 Å². The predicted molar refractivity (Wildman–Crippen MR) is 73.8 cm³/mol. The van der Waals surface area contributed by atoms with Crippen molar-refractivity contribution >= 4 is 16.9 Å². The summed E-state index contributed by atoms with van der Waals surface area (Å²) in [6.07, 6.45) is 8.78. The maximum atomic E-state index is 5.35. The summed E-state index contributed by atoms with van der Waals surface area (Å²) in [5.41, 5.74) is 0.871. The minimum atomic E-state index is 0.722. The number of fused-ring (bicyclic) bond motifs is 1. The average Bonchev–Trinajstić information content (AvgIpc) is 2.82. The van der Waals surface area contributed by atoms with Crippen molar-refractivity contribution in [2.75, 3.05) is 37.6 Å². The van der Waals surface area contributed by atoms with Crippen molar-refractivity contribution in [1.82, 2.24) is 24.6 Å². The van der Waals surface area contributed by atoms with Crippen molar-refractivity contribution < 1.29 is 0 Å². The van der Waals surface area contributed by atoms with Crippen molar-refractivity contribution in [3.8, 4) is 12.3 Å². The molecule has 0 radical (unpaired) electrons. The fourth-order valence-corrected chi connectivity index (χ4v) is 2.45. The summed E-state index contributed by atoms with van der Waals surface area (Å²) in [5.74, 6) is 3.66. The molecule has 0 amide bonds. The molecule has 3 heterocycles. The first-order valence-electron chi connectivity index (χ1n) is 6.33. The van der Waals surface area contributed by atoms with Gasteiger partial charge in [0.15, 0.2) is 5.65 Å². The Balaban J connectivity index is 1.84. The van der Waals surface area contributed by atoms with Gasteiger partial charge in [-0.25, -0.2) is 9.97 Å². The molecule has 19 heavy (non-hydrogen) atoms. The first-order chi connectivity index (χ1) is 9.29. The number of aromatic nitrogens is 4. The molecule has 0 unspecified atom stereocenters. The van der Waals surface area contributed by atoms with Crippen LogP contribution in [-0.4, -0.2) is 57.4 Å². The van der Waals surface area contributed by atoms with Crippen LogP contribution in [0.2, 0.25) is 0 Å². The summed E-state index contributed by atoms with van der Waals surface area (Å²) in [4.78, 5) is 13.2. The van der Waals surface area contributed by atoms with E-state index in [1.807, 2.05) is 13.2 Å². The first kappa shape index (κ1) is 11.9. The van der Waals surface area contributed by atoms with E-state index in [9.17, 15) is 0 Å². The van der Waals surface area contributed by atoms with E-state index in [-0.39, 0.29) is 0 Å². The van der Waals surface area contributed by atoms with E-state index >= 15 is 0 Å². The Labute approximate surface area is 112 Å². The van der Waals surface area contributed by atoms with Gasteiger partial charge in [0, 0.05) is 33.2 Å². The number of terminal acetylenes is 1. The zero-order valence-corrected chi connectivity index (χ0v) is 11.0. The predicted octanol–water partition coefficient (Wildman–Crippen LogP) is 0.118. The summed E-state index contributed by atoms with van der Waals surface area (Å²) in [5, 5.41) is 5.26. The SMILES string of the molecule is C#CCN1CCN(c2ncnc3c2cnn3C)CC1. The van der Waals surface area contributed by atoms with Crippen LogP contribution in [0.3, 0.4) is 0 Å². The van der Waals surface area contributed by atoms with Gasteiger partial charge in [0.05, 0.1) is 18.1 Å². The second-order valence-electron chi connectivity index (χ2n) is 4.67. The lowest BCUT2D eigenvalue weighted by atomic mass is 10.3. The van der Waals surface area contributed by atoms with Gasteiger partial charge in [0.2, 0.25) is 0 Å². The molecule has 0 saturated carbocycles. The Kier molecular flexibility index (Phi) is 3.05. The van der Waals surface area contributed by atoms with Crippen molar-refractivity contribution in [2.24, 2.45) is 7.05 Å². The Hall–Kier alpha value is -2.13. The number of hydrogen-bond donors (Lipinski definition) is 0. The Morgan fingerprint density at radius 1 is 1.26 bits per heavy atom. The maximum Gasteiger partial charge on any atom is 0.163 e. The van der Waals surface area contributed by atoms with Crippen molar-refractivity contribution in [2.45, 2.75) is 0 Å². The fraction of sp³-hybridized carbons (Fsp3) is 0.462. The zero-order chi connectivity index (χ0) is 13.2. The molecule has 0 aliphatic carbocycles. The van der Waals surface area contributed by atoms with Gasteiger partial charge in [-0.1, -0.05) is 5.92 Å². The van der Waals surface area contributed by atoms with Crippen LogP contribution in [0.5, 0.6) is 0 Å². The molecular weight excluding hydrogens is 240 g/mol. The highest BCUT2D eigenvalue weighted by molar-refractivity contribution is 5.86. The number of hydrogen-bond acceptors (Lipinski definition) is 5. The van der Waals surface area contributed by atoms with Gasteiger partial charge in [0.1, 0.15) is 12.1 Å². The van der Waals surface area contributed by atoms with Crippen LogP contribution >= 0.6 is 0 Å². The maximum absolute atomic E-state index is 5.35. The molecule has 1 saturated heterocycles. The zero-order valence-electron chi connectivity index (χ0n) is 11.0. The Bertz CT molecular complexity index is 618. The van der Waals surface area contributed by atoms with Crippen molar-refractivity contribution in [1.29, 1.82) is 0 Å². The summed E-state index contributed by atoms with van der Waals surface area (Å²) in [7, 11) is 1.89. The van der Waals surface area contributed by atoms with Crippen LogP contribution in [0.15, 0.2) is 12.5 Å². The number of nitrogens with zero attached hydrogens (tertiary/aromatic N) is 6. The standard InChI is InChI=1S/C13H16N6/c1-3-4-18-5-7-19(8-6-18)13-11-9-16-17(2)12(11)14-10-15-13/h1,9-10H,4-8H2,2H3. The molecule has 98 valence electrons. The van der Waals surface area contributed by atoms with Crippen LogP contribution in [0.4, 0.5) is 5.82 Å². The fourth-order valence-electron chi connectivity index (χ4n) is 2.45. The summed E-state index contributed by atoms with van der Waals surface area (Å²) < 4.78 is 1.77. The molecule has 0 N–H and O–H groups in total. The molecule has 6 heteroatoms. The van der Waals surface area contributed by atoms with E-state index in [2.05, 4.69) is 30.8 Å². The molecule has 0 atom stereocenters. The van der Waals surface area contributed by atoms with E-state index in [1.54, 1.807) is 11.0 Å². The van der Waals surface area contributed by atoms with Crippen LogP contribution in [0, 0.1) is 12.3 Å². The lowest BCUT2D eigenvalue weighted by Gasteiger charge is -2.34. The van der Waals surface area contributed by atoms with Gasteiger partial charge in [-0.2, -0.15) is 5.10 Å². The third-order valence-electron chi connectivity index (χ3n) is 3.50. The Morgan fingerprint density at radius 3 is 2.79 bits per heavy atom. The van der Waals surface area contributed by atoms with Crippen molar-refractivity contribution in [3.05, 3.63) is 12.5 Å². The molecule has 1 aliphatic heterocycles. The highest BCUT2D eigenvalue weighted by Gasteiger charge is 2.20. The Morgan fingerprint density at radius 2 is 2.05 bits per heavy atom. The summed E-state index contributed by atoms with van der Waals surface area (Å²) >= 11 is 0. The quantitative estimate of drug-likeness (QED) is 0.714. The smallest absolute Gasteiger partial charge is 0.163 e. The largest absolute Gasteiger partial charge is 0.353 e. The highest BCUT2D eigenvalue weighted by Crippen LogP contribution is 2.22. The average molecular weight is 256 g/mol. The number of rotatable bonds is 2. The molecule has 0 aromatic carbocycles. The van der Waals surface area contributed by atoms with Crippen LogP contribution < -0.4 is 4.90 Å². The summed E-state index contributed by atoms with van der Waals surface area (Å²) in [6.45, 7) is 4.53. The van der Waals surface area contributed by atoms with E-state index in [4.69, 9.17) is 6.42 Å². The summed E-state index contributed by atoms with van der Waals surface area (Å²) in [6, 6.07) is 0. The molecule has 1 fully saturated rings. The monoisotopic (exact) mass is 256 g/mol. The van der Waals surface area contributed by atoms with E-state index in [0.717, 1.165) is 49.6 Å². The van der Waals surface area contributed by atoms with Gasteiger partial charge in [-0.3, -0.25) is 9.58 Å². The topological polar surface area (TPSA) is 50.1 Å². The van der Waals surface area contributed by atoms with Crippen LogP contribution in [-0.2, 0) is 7.05 Å². The first-order valence-corrected chi connectivity index (χ1v) is 6.33. The lowest BCUT2D eigenvalue weighted by molar-refractivity contribution is 0.287. The molecule has 0 bridgehead atoms. The van der Waals surface area contributed by atoms with Gasteiger partial charge in [0.25, 0.3) is 0 Å². The van der Waals surface area contributed by atoms with Crippen LogP contribution in [0.25, 0.3) is 11.0 Å². The third-order valence-corrected chi connectivity index (χ3v) is 3.50. The molecule has 2 aromatic rings. The molecule has 3 rings (SSSR count). The minimum Gasteiger partial charge on any atom is -0.353 e. The van der Waals surface area contributed by atoms with Gasteiger partial charge in [-0.15, -0.1) is 6.42 Å². The molecule has 1 aliphatic rings. The normalized spacial score (nSPS) is 16.7. The van der Waals surface area contributed by atoms with Crippen molar-refractivity contribution in [3.63, 3.8) is 0 Å². The third kappa shape index (κ3) is 2.13.